The van der Waals surface area contributed by atoms with Gasteiger partial charge in [-0.15, -0.1) is 0 Å². The molecule has 0 rings (SSSR count). The first-order valence-corrected chi connectivity index (χ1v) is 0. The van der Waals surface area contributed by atoms with Crippen LogP contribution in [0, 0.1) is 0 Å². The average molecular weight is 169 g/mol. The number of hydrogen-bond acceptors (Lipinski definition) is 0. The van der Waals surface area contributed by atoms with Gasteiger partial charge in [-0.2, -0.15) is 0 Å². The average Bonchev–Trinajstić information content (AvgIpc) is 0. The predicted molar refractivity (Wildman–Crippen MR) is 28.0 cm³/mol. The molecule has 0 aliphatic carbocycles. The summed E-state index contributed by atoms with van der Waals surface area (Å²) >= 11 is 0. The molecule has 0 N–H and O–H groups in total. The van der Waals surface area contributed by atoms with E-state index in [0.717, 1.165) is 0 Å². The molecule has 0 amide bonds. The van der Waals surface area contributed by atoms with Gasteiger partial charge in [-0.05, 0) is 11.0 Å². The third-order valence-electron chi connectivity index (χ3n) is 0. The monoisotopic (exact) mass is 168 g/mol. The molecule has 0 saturated heterocycles. The normalized spacial score (nSPS) is 0. The van der Waals surface area contributed by atoms with Gasteiger partial charge < -0.3 is 0 Å². The van der Waals surface area contributed by atoms with Crippen molar-refractivity contribution >= 4 is 28.3 Å². The Morgan fingerprint density at radius 2 is 1.00 bits per heavy atom. The summed E-state index contributed by atoms with van der Waals surface area (Å²) in [6.07, 6.45) is 0. The molecule has 0 spiro atoms. The molecule has 0 aromatic carbocycles. The van der Waals surface area contributed by atoms with Gasteiger partial charge in [0.1, 0.15) is 0 Å². The second-order valence-electron chi connectivity index (χ2n) is 0. The van der Waals surface area contributed by atoms with Crippen LogP contribution >= 0.6 is 0 Å². The molecule has 0 aromatic rings. The fourth-order valence-corrected chi connectivity index (χ4v) is 0. The Hall–Kier alpha value is 1.63. The van der Waals surface area contributed by atoms with Gasteiger partial charge in [-0.3, -0.25) is 0 Å². The van der Waals surface area contributed by atoms with Gasteiger partial charge in [0, 0.05) is 26.2 Å². The standard InChI is InChI=1S/CH4.Al.H4Si.Zr.3H/h1H4;;1H4;;;;. The van der Waals surface area contributed by atoms with Gasteiger partial charge in [0.15, 0.2) is 17.4 Å². The zero-order valence-corrected chi connectivity index (χ0v) is 2.96. The van der Waals surface area contributed by atoms with Gasteiger partial charge in [0.05, 0.1) is 0 Å². The van der Waals surface area contributed by atoms with Crippen LogP contribution in [-0.4, -0.2) is 28.3 Å². The smallest absolute Gasteiger partial charge is 0.0776 e. The molecular weight excluding hydrogens is 158 g/mol. The van der Waals surface area contributed by atoms with Crippen molar-refractivity contribution in [1.29, 1.82) is 0 Å². The topological polar surface area (TPSA) is 0 Å². The van der Waals surface area contributed by atoms with E-state index in [1.165, 1.54) is 0 Å². The summed E-state index contributed by atoms with van der Waals surface area (Å²) in [5.74, 6) is 0. The maximum Gasteiger partial charge on any atom is 0.187 e. The van der Waals surface area contributed by atoms with Crippen molar-refractivity contribution in [2.75, 3.05) is 0 Å². The van der Waals surface area contributed by atoms with Crippen molar-refractivity contribution in [1.82, 2.24) is 0 Å². The van der Waals surface area contributed by atoms with Crippen LogP contribution in [0.2, 0.25) is 0 Å². The van der Waals surface area contributed by atoms with E-state index in [4.69, 9.17) is 0 Å². The van der Waals surface area contributed by atoms with Crippen LogP contribution in [-0.2, 0) is 26.2 Å². The van der Waals surface area contributed by atoms with Crippen LogP contribution < -0.4 is 0 Å². The van der Waals surface area contributed by atoms with Crippen molar-refractivity contribution in [2.45, 2.75) is 7.43 Å². The maximum absolute atomic E-state index is 0. The molecule has 4 heavy (non-hydrogen) atoms. The van der Waals surface area contributed by atoms with E-state index in [2.05, 4.69) is 0 Å². The van der Waals surface area contributed by atoms with E-state index < -0.39 is 0 Å². The Balaban J connectivity index is 0. The second-order valence-corrected chi connectivity index (χ2v) is 0. The third-order valence-corrected chi connectivity index (χ3v) is 0. The molecule has 0 aliphatic heterocycles. The molecule has 0 radical (unpaired) electrons. The molecule has 0 aromatic heterocycles. The SMILES string of the molecule is C.[AlH3].[SiH4].[Zr]. The molecule has 0 aliphatic rings. The molecule has 0 atom stereocenters. The molecule has 0 nitrogen and oxygen atoms in total. The van der Waals surface area contributed by atoms with Crippen molar-refractivity contribution in [3.63, 3.8) is 0 Å². The number of hydrogen-bond donors (Lipinski definition) is 0. The summed E-state index contributed by atoms with van der Waals surface area (Å²) in [6.45, 7) is 0. The number of rotatable bonds is 0. The molecule has 0 fully saturated rings. The van der Waals surface area contributed by atoms with Crippen LogP contribution in [0.25, 0.3) is 0 Å². The molecule has 3 heteroatoms. The van der Waals surface area contributed by atoms with Crippen LogP contribution in [0.4, 0.5) is 0 Å². The van der Waals surface area contributed by atoms with Crippen molar-refractivity contribution in [2.24, 2.45) is 0 Å². The molecule has 26 valence electrons. The zero-order valence-electron chi connectivity index (χ0n) is 0.500. The molecular formula is CH11AlSiZr. The largest absolute Gasteiger partial charge is 0.187 e. The van der Waals surface area contributed by atoms with Crippen molar-refractivity contribution in [3.8, 4) is 0 Å². The summed E-state index contributed by atoms with van der Waals surface area (Å²) in [5.41, 5.74) is 0. The summed E-state index contributed by atoms with van der Waals surface area (Å²) in [5, 5.41) is 0. The quantitative estimate of drug-likeness (QED) is 0.368. The Kier molecular flexibility index (Phi) is 260. The van der Waals surface area contributed by atoms with Gasteiger partial charge in [-0.25, -0.2) is 0 Å². The minimum Gasteiger partial charge on any atom is -0.0776 e. The Labute approximate surface area is 61.6 Å². The van der Waals surface area contributed by atoms with Gasteiger partial charge in [0.2, 0.25) is 0 Å². The van der Waals surface area contributed by atoms with E-state index in [0.29, 0.717) is 0 Å². The Bertz CT molecular complexity index is 8.00. The minimum absolute atomic E-state index is 0. The first-order chi connectivity index (χ1) is 0. The van der Waals surface area contributed by atoms with Gasteiger partial charge >= 0.3 is 0 Å². The summed E-state index contributed by atoms with van der Waals surface area (Å²) in [7, 11) is 0. The Morgan fingerprint density at radius 1 is 1.00 bits per heavy atom. The van der Waals surface area contributed by atoms with Crippen LogP contribution in [0.5, 0.6) is 0 Å². The summed E-state index contributed by atoms with van der Waals surface area (Å²) in [6, 6.07) is 0. The van der Waals surface area contributed by atoms with Gasteiger partial charge in [0.25, 0.3) is 0 Å². The summed E-state index contributed by atoms with van der Waals surface area (Å²) in [4.78, 5) is 0. The zero-order chi connectivity index (χ0) is 0. The van der Waals surface area contributed by atoms with Crippen LogP contribution in [0.1, 0.15) is 7.43 Å². The second kappa shape index (κ2) is 22.9. The van der Waals surface area contributed by atoms with Gasteiger partial charge in [-0.1, -0.05) is 7.43 Å². The summed E-state index contributed by atoms with van der Waals surface area (Å²) < 4.78 is 0. The van der Waals surface area contributed by atoms with E-state index in [1.807, 2.05) is 0 Å². The molecule has 0 heterocycles. The predicted octanol–water partition coefficient (Wildman–Crippen LogP) is -2.00. The fourth-order valence-electron chi connectivity index (χ4n) is 0. The molecule has 0 bridgehead atoms. The molecule has 0 saturated carbocycles. The van der Waals surface area contributed by atoms with Crippen LogP contribution in [0.15, 0.2) is 0 Å². The van der Waals surface area contributed by atoms with E-state index in [1.54, 1.807) is 0 Å². The minimum atomic E-state index is 0. The van der Waals surface area contributed by atoms with Crippen molar-refractivity contribution in [3.05, 3.63) is 0 Å². The van der Waals surface area contributed by atoms with Crippen molar-refractivity contribution < 1.29 is 26.2 Å². The van der Waals surface area contributed by atoms with E-state index in [-0.39, 0.29) is 62.0 Å². The fraction of sp³-hybridized carbons (Fsp3) is 1.00. The Morgan fingerprint density at radius 3 is 1.00 bits per heavy atom. The van der Waals surface area contributed by atoms with E-state index in [9.17, 15) is 0 Å². The van der Waals surface area contributed by atoms with E-state index >= 15 is 0 Å². The molecule has 0 unspecified atom stereocenters. The van der Waals surface area contributed by atoms with Crippen LogP contribution in [0.3, 0.4) is 0 Å². The third kappa shape index (κ3) is 9.45. The first-order valence-electron chi connectivity index (χ1n) is 0. The first kappa shape index (κ1) is 45.4. The maximum atomic E-state index is 0.